The zero-order valence-electron chi connectivity index (χ0n) is 20.7. The van der Waals surface area contributed by atoms with Crippen LogP contribution in [0.5, 0.6) is 0 Å². The minimum absolute atomic E-state index is 0.0732. The van der Waals surface area contributed by atoms with E-state index < -0.39 is 51.9 Å². The molecule has 1 atom stereocenters. The average Bonchev–Trinajstić information content (AvgIpc) is 2.90. The Morgan fingerprint density at radius 1 is 1.03 bits per heavy atom. The van der Waals surface area contributed by atoms with Crippen LogP contribution < -0.4 is 9.62 Å². The highest BCUT2D eigenvalue weighted by molar-refractivity contribution is 9.10. The van der Waals surface area contributed by atoms with Gasteiger partial charge in [-0.3, -0.25) is 13.9 Å². The fourth-order valence-electron chi connectivity index (χ4n) is 3.69. The minimum Gasteiger partial charge on any atom is -0.357 e. The van der Waals surface area contributed by atoms with E-state index in [1.54, 1.807) is 30.3 Å². The molecular formula is C26H24BrClF3N3O4S. The first-order valence-corrected chi connectivity index (χ1v) is 14.1. The minimum atomic E-state index is -4.80. The fourth-order valence-corrected chi connectivity index (χ4v) is 5.67. The number of anilines is 1. The maximum Gasteiger partial charge on any atom is 0.416 e. The second-order valence-electron chi connectivity index (χ2n) is 8.43. The lowest BCUT2D eigenvalue weighted by atomic mass is 10.1. The molecule has 0 fully saturated rings. The van der Waals surface area contributed by atoms with Gasteiger partial charge >= 0.3 is 6.18 Å². The van der Waals surface area contributed by atoms with E-state index in [9.17, 15) is 31.2 Å². The number of sulfonamides is 1. The molecule has 0 saturated carbocycles. The van der Waals surface area contributed by atoms with Gasteiger partial charge in [0.15, 0.2) is 0 Å². The fraction of sp³-hybridized carbons (Fsp3) is 0.231. The van der Waals surface area contributed by atoms with E-state index in [0.29, 0.717) is 22.0 Å². The summed E-state index contributed by atoms with van der Waals surface area (Å²) in [5, 5.41) is 2.14. The van der Waals surface area contributed by atoms with E-state index in [-0.39, 0.29) is 16.5 Å². The van der Waals surface area contributed by atoms with Crippen molar-refractivity contribution in [2.24, 2.45) is 0 Å². The summed E-state index contributed by atoms with van der Waals surface area (Å²) in [7, 11) is -3.19. The van der Waals surface area contributed by atoms with E-state index in [1.165, 1.54) is 38.2 Å². The third-order valence-corrected chi connectivity index (χ3v) is 8.45. The molecule has 1 N–H and O–H groups in total. The Hall–Kier alpha value is -3.09. The van der Waals surface area contributed by atoms with Crippen molar-refractivity contribution < 1.29 is 31.2 Å². The van der Waals surface area contributed by atoms with Crippen LogP contribution in [-0.4, -0.2) is 44.8 Å². The van der Waals surface area contributed by atoms with Crippen molar-refractivity contribution >= 4 is 55.1 Å². The first kappa shape index (κ1) is 30.5. The monoisotopic (exact) mass is 645 g/mol. The molecule has 3 aromatic carbocycles. The number of hydrogen-bond acceptors (Lipinski definition) is 4. The summed E-state index contributed by atoms with van der Waals surface area (Å²) < 4.78 is 69.3. The summed E-state index contributed by atoms with van der Waals surface area (Å²) in [6.07, 6.45) is -4.80. The molecule has 0 spiro atoms. The molecule has 7 nitrogen and oxygen atoms in total. The number of likely N-dealkylation sites (N-methyl/N-ethyl adjacent to an activating group) is 1. The van der Waals surface area contributed by atoms with Crippen molar-refractivity contribution in [2.45, 2.75) is 30.6 Å². The molecule has 0 aliphatic carbocycles. The van der Waals surface area contributed by atoms with Crippen LogP contribution in [0.1, 0.15) is 18.1 Å². The van der Waals surface area contributed by atoms with Crippen molar-refractivity contribution in [3.05, 3.63) is 93.4 Å². The van der Waals surface area contributed by atoms with Gasteiger partial charge in [0.05, 0.1) is 21.2 Å². The molecule has 13 heteroatoms. The van der Waals surface area contributed by atoms with Crippen LogP contribution in [0.2, 0.25) is 5.02 Å². The molecular weight excluding hydrogens is 623 g/mol. The van der Waals surface area contributed by atoms with E-state index >= 15 is 0 Å². The molecule has 0 aliphatic rings. The molecule has 0 bridgehead atoms. The molecule has 0 saturated heterocycles. The third kappa shape index (κ3) is 7.31. The normalized spacial score (nSPS) is 12.5. The van der Waals surface area contributed by atoms with Crippen LogP contribution >= 0.6 is 27.5 Å². The molecule has 39 heavy (non-hydrogen) atoms. The molecule has 0 aliphatic heterocycles. The maximum absolute atomic E-state index is 13.7. The standard InChI is InChI=1S/C26H24BrClF3N3O4S/c1-17(25(36)32-2)33(15-18-8-11-20(27)12-9-18)24(35)16-34(39(37,38)21-6-4-3-5-7-21)23-14-19(26(29,30)31)10-13-22(23)28/h3-14,17H,15-16H2,1-2H3,(H,32,36)/t17-/m0/s1. The van der Waals surface area contributed by atoms with Gasteiger partial charge in [-0.2, -0.15) is 13.2 Å². The SMILES string of the molecule is CNC(=O)[C@H](C)N(Cc1ccc(Br)cc1)C(=O)CN(c1cc(C(F)(F)F)ccc1Cl)S(=O)(=O)c1ccccc1. The molecule has 208 valence electrons. The van der Waals surface area contributed by atoms with Gasteiger partial charge in [0.2, 0.25) is 11.8 Å². The van der Waals surface area contributed by atoms with Gasteiger partial charge in [-0.1, -0.05) is 57.9 Å². The van der Waals surface area contributed by atoms with Crippen molar-refractivity contribution in [3.8, 4) is 0 Å². The van der Waals surface area contributed by atoms with Gasteiger partial charge in [0.25, 0.3) is 10.0 Å². The van der Waals surface area contributed by atoms with Crippen LogP contribution in [0.25, 0.3) is 0 Å². The number of hydrogen-bond donors (Lipinski definition) is 1. The first-order chi connectivity index (χ1) is 18.3. The number of amides is 2. The quantitative estimate of drug-likeness (QED) is 0.334. The number of rotatable bonds is 9. The summed E-state index contributed by atoms with van der Waals surface area (Å²) in [4.78, 5) is 27.1. The summed E-state index contributed by atoms with van der Waals surface area (Å²) >= 11 is 9.53. The Bertz CT molecular complexity index is 1440. The van der Waals surface area contributed by atoms with Crippen molar-refractivity contribution in [3.63, 3.8) is 0 Å². The highest BCUT2D eigenvalue weighted by atomic mass is 79.9. The second kappa shape index (κ2) is 12.4. The lowest BCUT2D eigenvalue weighted by molar-refractivity contribution is -0.139. The third-order valence-electron chi connectivity index (χ3n) is 5.83. The number of alkyl halides is 3. The number of halogens is 5. The number of benzene rings is 3. The van der Waals surface area contributed by atoms with E-state index in [2.05, 4.69) is 21.2 Å². The highest BCUT2D eigenvalue weighted by Crippen LogP contribution is 2.37. The van der Waals surface area contributed by atoms with Gasteiger partial charge in [0, 0.05) is 18.1 Å². The van der Waals surface area contributed by atoms with Gasteiger partial charge in [-0.05, 0) is 55.0 Å². The molecule has 0 heterocycles. The van der Waals surface area contributed by atoms with Crippen molar-refractivity contribution in [2.75, 3.05) is 17.9 Å². The van der Waals surface area contributed by atoms with Crippen LogP contribution in [0, 0.1) is 0 Å². The average molecular weight is 647 g/mol. The van der Waals surface area contributed by atoms with E-state index in [0.717, 1.165) is 15.4 Å². The highest BCUT2D eigenvalue weighted by Gasteiger charge is 2.36. The second-order valence-corrected chi connectivity index (χ2v) is 11.6. The number of nitrogens with one attached hydrogen (secondary N) is 1. The van der Waals surface area contributed by atoms with Crippen LogP contribution in [0.3, 0.4) is 0 Å². The summed E-state index contributed by atoms with van der Waals surface area (Å²) in [5.41, 5.74) is -1.04. The summed E-state index contributed by atoms with van der Waals surface area (Å²) in [5.74, 6) is -1.35. The topological polar surface area (TPSA) is 86.8 Å². The molecule has 0 radical (unpaired) electrons. The smallest absolute Gasteiger partial charge is 0.357 e. The van der Waals surface area contributed by atoms with Crippen LogP contribution in [-0.2, 0) is 32.3 Å². The van der Waals surface area contributed by atoms with Gasteiger partial charge < -0.3 is 10.2 Å². The molecule has 0 aromatic heterocycles. The lowest BCUT2D eigenvalue weighted by Gasteiger charge is -2.32. The van der Waals surface area contributed by atoms with Crippen molar-refractivity contribution in [1.82, 2.24) is 10.2 Å². The van der Waals surface area contributed by atoms with Crippen LogP contribution in [0.15, 0.2) is 82.2 Å². The molecule has 2 amide bonds. The van der Waals surface area contributed by atoms with Crippen LogP contribution in [0.4, 0.5) is 18.9 Å². The Morgan fingerprint density at radius 2 is 1.64 bits per heavy atom. The zero-order chi connectivity index (χ0) is 29.0. The Labute approximate surface area is 237 Å². The Kier molecular flexibility index (Phi) is 9.68. The number of nitrogens with zero attached hydrogens (tertiary/aromatic N) is 2. The maximum atomic E-state index is 13.7. The molecule has 3 aromatic rings. The van der Waals surface area contributed by atoms with E-state index in [4.69, 9.17) is 11.6 Å². The van der Waals surface area contributed by atoms with Gasteiger partial charge in [-0.15, -0.1) is 0 Å². The van der Waals surface area contributed by atoms with E-state index in [1.807, 2.05) is 0 Å². The van der Waals surface area contributed by atoms with Crippen molar-refractivity contribution in [1.29, 1.82) is 0 Å². The Balaban J connectivity index is 2.12. The summed E-state index contributed by atoms with van der Waals surface area (Å²) in [6.45, 7) is 0.468. The number of carbonyl (C=O) groups is 2. The lowest BCUT2D eigenvalue weighted by Crippen LogP contribution is -2.50. The Morgan fingerprint density at radius 3 is 2.21 bits per heavy atom. The largest absolute Gasteiger partial charge is 0.416 e. The number of carbonyl (C=O) groups excluding carboxylic acids is 2. The predicted molar refractivity (Wildman–Crippen MR) is 146 cm³/mol. The van der Waals surface area contributed by atoms with Gasteiger partial charge in [-0.25, -0.2) is 8.42 Å². The predicted octanol–water partition coefficient (Wildman–Crippen LogP) is 5.48. The first-order valence-electron chi connectivity index (χ1n) is 11.5. The molecule has 3 rings (SSSR count). The molecule has 0 unspecified atom stereocenters. The van der Waals surface area contributed by atoms with Gasteiger partial charge in [0.1, 0.15) is 12.6 Å². The zero-order valence-corrected chi connectivity index (χ0v) is 23.9. The summed E-state index contributed by atoms with van der Waals surface area (Å²) in [6, 6.07) is 15.0.